The van der Waals surface area contributed by atoms with Crippen molar-refractivity contribution in [1.82, 2.24) is 14.7 Å². The van der Waals surface area contributed by atoms with Gasteiger partial charge in [0.25, 0.3) is 0 Å². The third kappa shape index (κ3) is 3.17. The number of benzene rings is 1. The fraction of sp³-hybridized carbons (Fsp3) is 0.154. The van der Waals surface area contributed by atoms with E-state index >= 15 is 0 Å². The molecule has 1 aromatic heterocycles. The van der Waals surface area contributed by atoms with E-state index in [9.17, 15) is 8.42 Å². The maximum absolute atomic E-state index is 12.2. The van der Waals surface area contributed by atoms with Crippen molar-refractivity contribution in [3.8, 4) is 6.07 Å². The summed E-state index contributed by atoms with van der Waals surface area (Å²) in [5.74, 6) is 0. The Morgan fingerprint density at radius 3 is 2.75 bits per heavy atom. The molecule has 0 saturated heterocycles. The van der Waals surface area contributed by atoms with Crippen LogP contribution in [-0.4, -0.2) is 18.4 Å². The molecule has 0 spiro atoms. The Labute approximate surface area is 117 Å². The van der Waals surface area contributed by atoms with Gasteiger partial charge in [-0.05, 0) is 36.8 Å². The van der Waals surface area contributed by atoms with Crippen LogP contribution in [0.15, 0.2) is 41.7 Å². The largest absolute Gasteiger partial charge is 0.245 e. The summed E-state index contributed by atoms with van der Waals surface area (Å²) in [6, 6.07) is 8.05. The fourth-order valence-electron chi connectivity index (χ4n) is 1.69. The van der Waals surface area contributed by atoms with Gasteiger partial charge >= 0.3 is 0 Å². The van der Waals surface area contributed by atoms with Gasteiger partial charge in [-0.1, -0.05) is 0 Å². The van der Waals surface area contributed by atoms with Crippen molar-refractivity contribution < 1.29 is 8.42 Å². The zero-order valence-electron chi connectivity index (χ0n) is 10.7. The van der Waals surface area contributed by atoms with Gasteiger partial charge in [-0.15, -0.1) is 0 Å². The summed E-state index contributed by atoms with van der Waals surface area (Å²) in [7, 11) is -3.63. The molecule has 0 amide bonds. The SMILES string of the molecule is Cc1cc(C#N)ccc1S(=O)(=O)NCc1ccncn1. The normalized spacial score (nSPS) is 11.0. The lowest BCUT2D eigenvalue weighted by Gasteiger charge is -2.09. The summed E-state index contributed by atoms with van der Waals surface area (Å²) >= 11 is 0. The van der Waals surface area contributed by atoms with Crippen molar-refractivity contribution >= 4 is 10.0 Å². The average molecular weight is 288 g/mol. The highest BCUT2D eigenvalue weighted by Gasteiger charge is 2.16. The van der Waals surface area contributed by atoms with Crippen molar-refractivity contribution in [2.24, 2.45) is 0 Å². The zero-order valence-corrected chi connectivity index (χ0v) is 11.6. The van der Waals surface area contributed by atoms with Crippen LogP contribution in [0.2, 0.25) is 0 Å². The smallest absolute Gasteiger partial charge is 0.241 e. The number of aromatic nitrogens is 2. The van der Waals surface area contributed by atoms with Gasteiger partial charge in [0.2, 0.25) is 10.0 Å². The molecule has 0 aliphatic rings. The highest BCUT2D eigenvalue weighted by molar-refractivity contribution is 7.89. The molecule has 0 atom stereocenters. The molecule has 0 bridgehead atoms. The second-order valence-electron chi connectivity index (χ2n) is 4.12. The first-order valence-electron chi connectivity index (χ1n) is 5.78. The first kappa shape index (κ1) is 14.1. The van der Waals surface area contributed by atoms with E-state index in [1.165, 1.54) is 18.5 Å². The monoisotopic (exact) mass is 288 g/mol. The third-order valence-corrected chi connectivity index (χ3v) is 4.24. The molecule has 0 saturated carbocycles. The Kier molecular flexibility index (Phi) is 4.08. The molecule has 0 unspecified atom stereocenters. The van der Waals surface area contributed by atoms with Gasteiger partial charge in [-0.3, -0.25) is 0 Å². The van der Waals surface area contributed by atoms with E-state index in [0.717, 1.165) is 0 Å². The van der Waals surface area contributed by atoms with Crippen molar-refractivity contribution in [3.05, 3.63) is 53.6 Å². The van der Waals surface area contributed by atoms with E-state index in [2.05, 4.69) is 14.7 Å². The van der Waals surface area contributed by atoms with Crippen LogP contribution in [0, 0.1) is 18.3 Å². The van der Waals surface area contributed by atoms with Crippen molar-refractivity contribution in [2.45, 2.75) is 18.4 Å². The first-order chi connectivity index (χ1) is 9.53. The highest BCUT2D eigenvalue weighted by atomic mass is 32.2. The Balaban J connectivity index is 2.21. The number of aryl methyl sites for hydroxylation is 1. The third-order valence-electron chi connectivity index (χ3n) is 2.68. The van der Waals surface area contributed by atoms with E-state index in [-0.39, 0.29) is 11.4 Å². The highest BCUT2D eigenvalue weighted by Crippen LogP contribution is 2.16. The van der Waals surface area contributed by atoms with Crippen LogP contribution in [0.3, 0.4) is 0 Å². The van der Waals surface area contributed by atoms with Gasteiger partial charge in [0.05, 0.1) is 28.8 Å². The lowest BCUT2D eigenvalue weighted by Crippen LogP contribution is -2.24. The number of sulfonamides is 1. The fourth-order valence-corrected chi connectivity index (χ4v) is 2.91. The quantitative estimate of drug-likeness (QED) is 0.910. The van der Waals surface area contributed by atoms with Crippen LogP contribution >= 0.6 is 0 Å². The Bertz CT molecular complexity index is 752. The van der Waals surface area contributed by atoms with E-state index in [0.29, 0.717) is 16.8 Å². The Morgan fingerprint density at radius 1 is 1.35 bits per heavy atom. The molecule has 6 nitrogen and oxygen atoms in total. The number of nitrogens with one attached hydrogen (secondary N) is 1. The molecular formula is C13H12N4O2S. The lowest BCUT2D eigenvalue weighted by molar-refractivity contribution is 0.579. The summed E-state index contributed by atoms with van der Waals surface area (Å²) in [6.07, 6.45) is 2.90. The molecule has 1 aromatic carbocycles. The second-order valence-corrected chi connectivity index (χ2v) is 5.85. The minimum absolute atomic E-state index is 0.0876. The number of nitrogens with zero attached hydrogens (tertiary/aromatic N) is 3. The molecular weight excluding hydrogens is 276 g/mol. The maximum Gasteiger partial charge on any atom is 0.241 e. The molecule has 2 aromatic rings. The van der Waals surface area contributed by atoms with Crippen LogP contribution in [-0.2, 0) is 16.6 Å². The van der Waals surface area contributed by atoms with Gasteiger partial charge in [0.1, 0.15) is 6.33 Å². The predicted octanol–water partition coefficient (Wildman–Crippen LogP) is 1.14. The van der Waals surface area contributed by atoms with Crippen molar-refractivity contribution in [1.29, 1.82) is 5.26 Å². The van der Waals surface area contributed by atoms with Crippen molar-refractivity contribution in [2.75, 3.05) is 0 Å². The van der Waals surface area contributed by atoms with Gasteiger partial charge < -0.3 is 0 Å². The van der Waals surface area contributed by atoms with Crippen molar-refractivity contribution in [3.63, 3.8) is 0 Å². The molecule has 0 aliphatic heterocycles. The number of rotatable bonds is 4. The molecule has 1 heterocycles. The maximum atomic E-state index is 12.2. The first-order valence-corrected chi connectivity index (χ1v) is 7.26. The summed E-state index contributed by atoms with van der Waals surface area (Å²) in [6.45, 7) is 1.74. The number of hydrogen-bond acceptors (Lipinski definition) is 5. The topological polar surface area (TPSA) is 95.7 Å². The van der Waals surface area contributed by atoms with Crippen LogP contribution in [0.4, 0.5) is 0 Å². The Hall–Kier alpha value is -2.30. The molecule has 1 N–H and O–H groups in total. The summed E-state index contributed by atoms with van der Waals surface area (Å²) in [5, 5.41) is 8.78. The molecule has 0 radical (unpaired) electrons. The van der Waals surface area contributed by atoms with Crippen LogP contribution in [0.25, 0.3) is 0 Å². The minimum atomic E-state index is -3.63. The van der Waals surface area contributed by atoms with E-state index in [1.54, 1.807) is 25.3 Å². The second kappa shape index (κ2) is 5.77. The summed E-state index contributed by atoms with van der Waals surface area (Å²) in [5.41, 5.74) is 1.53. The molecule has 102 valence electrons. The summed E-state index contributed by atoms with van der Waals surface area (Å²) in [4.78, 5) is 7.86. The zero-order chi connectivity index (χ0) is 14.6. The Morgan fingerprint density at radius 2 is 2.15 bits per heavy atom. The van der Waals surface area contributed by atoms with Gasteiger partial charge in [0, 0.05) is 6.20 Å². The lowest BCUT2D eigenvalue weighted by atomic mass is 10.2. The van der Waals surface area contributed by atoms with E-state index in [1.807, 2.05) is 6.07 Å². The molecule has 20 heavy (non-hydrogen) atoms. The van der Waals surface area contributed by atoms with Gasteiger partial charge in [-0.25, -0.2) is 23.1 Å². The molecule has 7 heteroatoms. The minimum Gasteiger partial charge on any atom is -0.245 e. The van der Waals surface area contributed by atoms with Gasteiger partial charge in [-0.2, -0.15) is 5.26 Å². The summed E-state index contributed by atoms with van der Waals surface area (Å²) < 4.78 is 26.8. The van der Waals surface area contributed by atoms with Crippen LogP contribution in [0.5, 0.6) is 0 Å². The van der Waals surface area contributed by atoms with Crippen LogP contribution < -0.4 is 4.72 Å². The number of hydrogen-bond donors (Lipinski definition) is 1. The van der Waals surface area contributed by atoms with E-state index in [4.69, 9.17) is 5.26 Å². The molecule has 0 fully saturated rings. The van der Waals surface area contributed by atoms with E-state index < -0.39 is 10.0 Å². The van der Waals surface area contributed by atoms with Gasteiger partial charge in [0.15, 0.2) is 0 Å². The average Bonchev–Trinajstić information content (AvgIpc) is 2.46. The molecule has 2 rings (SSSR count). The van der Waals surface area contributed by atoms with Crippen LogP contribution in [0.1, 0.15) is 16.8 Å². The standard InChI is InChI=1S/C13H12N4O2S/c1-10-6-11(7-14)2-3-13(10)20(18,19)17-8-12-4-5-15-9-16-12/h2-6,9,17H,8H2,1H3. The number of nitriles is 1. The predicted molar refractivity (Wildman–Crippen MR) is 72.0 cm³/mol. The molecule has 0 aliphatic carbocycles.